The molecule has 0 amide bonds. The van der Waals surface area contributed by atoms with Crippen molar-refractivity contribution in [1.29, 1.82) is 0 Å². The van der Waals surface area contributed by atoms with E-state index in [4.69, 9.17) is 9.97 Å². The van der Waals surface area contributed by atoms with Gasteiger partial charge < -0.3 is 30.4 Å². The number of benzene rings is 3. The molecule has 0 bridgehead atoms. The van der Waals surface area contributed by atoms with Crippen LogP contribution < -0.4 is 20.4 Å². The van der Waals surface area contributed by atoms with Crippen LogP contribution in [0.2, 0.25) is 0 Å². The number of piperidine rings is 1. The lowest BCUT2D eigenvalue weighted by atomic mass is 9.75. The van der Waals surface area contributed by atoms with Crippen molar-refractivity contribution in [3.05, 3.63) is 82.4 Å². The average molecular weight is 729 g/mol. The highest BCUT2D eigenvalue weighted by Crippen LogP contribution is 2.50. The van der Waals surface area contributed by atoms with E-state index in [-0.39, 0.29) is 28.9 Å². The molecule has 6 heterocycles. The first-order valence-corrected chi connectivity index (χ1v) is 19.4. The highest BCUT2D eigenvalue weighted by molar-refractivity contribution is 5.78. The van der Waals surface area contributed by atoms with Gasteiger partial charge in [0.05, 0.1) is 46.2 Å². The standard InChI is InChI=1S/C41H48F4N8/c1-41(2,3)22-10-14-52(15-11-22)38-28(44)16-23(17-29(38)45)53-36(24-18-32-34(20-26(24)42)50-39(48-32)30-6-4-12-46-30)8-9-37(53)25-19-33-35(21-27(25)43)51-40(49-33)31-7-5-13-47-31/h16-22,30-31,36-37,46-47H,4-15H2,1-3H3,(H,48,50)(H,49,51)/t30-,31-,36+,37+/m0/s1. The Morgan fingerprint density at radius 1 is 0.623 bits per heavy atom. The summed E-state index contributed by atoms with van der Waals surface area (Å²) in [5.74, 6) is -0.251. The molecule has 0 aliphatic carbocycles. The molecule has 4 N–H and O–H groups in total. The molecule has 0 radical (unpaired) electrons. The Balaban J connectivity index is 1.11. The largest absolute Gasteiger partial charge is 0.367 e. The summed E-state index contributed by atoms with van der Waals surface area (Å²) >= 11 is 0. The predicted octanol–water partition coefficient (Wildman–Crippen LogP) is 9.19. The maximum Gasteiger partial charge on any atom is 0.151 e. The minimum Gasteiger partial charge on any atom is -0.367 e. The lowest BCUT2D eigenvalue weighted by Gasteiger charge is -2.40. The number of aromatic nitrogens is 4. The van der Waals surface area contributed by atoms with E-state index in [1.54, 1.807) is 17.0 Å². The van der Waals surface area contributed by atoms with Crippen LogP contribution in [0.5, 0.6) is 0 Å². The number of imidazole rings is 2. The molecule has 8 nitrogen and oxygen atoms in total. The maximum atomic E-state index is 16.3. The van der Waals surface area contributed by atoms with Gasteiger partial charge in [0.2, 0.25) is 0 Å². The Bertz CT molecular complexity index is 2020. The Morgan fingerprint density at radius 2 is 1.11 bits per heavy atom. The molecule has 9 rings (SSSR count). The lowest BCUT2D eigenvalue weighted by Crippen LogP contribution is -2.39. The van der Waals surface area contributed by atoms with Crippen LogP contribution in [0, 0.1) is 34.6 Å². The topological polar surface area (TPSA) is 87.9 Å². The molecule has 5 aromatic rings. The molecule has 12 heteroatoms. The molecule has 53 heavy (non-hydrogen) atoms. The SMILES string of the molecule is CC(C)(C)C1CCN(c2c(F)cc(N3[C@@H](c4cc5[nH]c([C@@H]6CCCN6)nc5cc4F)CC[C@@H]3c3cc4[nH]c([C@@H]5CCCN5)nc4cc3F)cc2F)CC1. The van der Waals surface area contributed by atoms with Crippen LogP contribution in [0.25, 0.3) is 22.1 Å². The number of nitrogens with one attached hydrogen (secondary N) is 4. The van der Waals surface area contributed by atoms with E-state index in [0.29, 0.717) is 65.0 Å². The Hall–Kier alpha value is -4.16. The zero-order valence-corrected chi connectivity index (χ0v) is 30.6. The van der Waals surface area contributed by atoms with Crippen LogP contribution >= 0.6 is 0 Å². The minimum absolute atomic E-state index is 0.0374. The summed E-state index contributed by atoms with van der Waals surface area (Å²) in [5.41, 5.74) is 3.52. The van der Waals surface area contributed by atoms with Gasteiger partial charge in [-0.25, -0.2) is 27.5 Å². The fourth-order valence-electron chi connectivity index (χ4n) is 9.57. The van der Waals surface area contributed by atoms with Crippen LogP contribution in [-0.4, -0.2) is 46.1 Å². The van der Waals surface area contributed by atoms with Crippen molar-refractivity contribution in [3.63, 3.8) is 0 Å². The van der Waals surface area contributed by atoms with E-state index in [1.165, 1.54) is 24.3 Å². The van der Waals surface area contributed by atoms with Crippen molar-refractivity contribution in [2.75, 3.05) is 36.0 Å². The number of nitrogens with zero attached hydrogens (tertiary/aromatic N) is 4. The monoisotopic (exact) mass is 728 g/mol. The van der Waals surface area contributed by atoms with Crippen molar-refractivity contribution in [2.45, 2.75) is 96.3 Å². The highest BCUT2D eigenvalue weighted by Gasteiger charge is 2.40. The molecule has 4 aliphatic rings. The number of halogens is 4. The lowest BCUT2D eigenvalue weighted by molar-refractivity contribution is 0.198. The van der Waals surface area contributed by atoms with Gasteiger partial charge in [0.15, 0.2) is 11.6 Å². The molecule has 0 spiro atoms. The molecule has 280 valence electrons. The van der Waals surface area contributed by atoms with Gasteiger partial charge in [0.25, 0.3) is 0 Å². The summed E-state index contributed by atoms with van der Waals surface area (Å²) in [6, 6.07) is 8.03. The van der Waals surface area contributed by atoms with Gasteiger partial charge >= 0.3 is 0 Å². The van der Waals surface area contributed by atoms with Gasteiger partial charge in [-0.3, -0.25) is 0 Å². The zero-order valence-electron chi connectivity index (χ0n) is 30.6. The zero-order chi connectivity index (χ0) is 36.6. The summed E-state index contributed by atoms with van der Waals surface area (Å²) in [6.45, 7) is 9.56. The number of fused-ring (bicyclic) bond motifs is 2. The van der Waals surface area contributed by atoms with Gasteiger partial charge in [0.1, 0.15) is 29.0 Å². The number of aromatic amines is 2. The molecule has 4 fully saturated rings. The number of anilines is 2. The molecule has 0 saturated carbocycles. The van der Waals surface area contributed by atoms with E-state index in [2.05, 4.69) is 41.4 Å². The molecular weight excluding hydrogens is 680 g/mol. The van der Waals surface area contributed by atoms with Crippen LogP contribution in [-0.2, 0) is 0 Å². The molecule has 0 unspecified atom stereocenters. The molecule has 3 aromatic carbocycles. The first kappa shape index (κ1) is 34.6. The van der Waals surface area contributed by atoms with Crippen molar-refractivity contribution >= 4 is 33.4 Å². The van der Waals surface area contributed by atoms with Crippen LogP contribution in [0.4, 0.5) is 28.9 Å². The average Bonchev–Trinajstić information content (AvgIpc) is 3.96. The third kappa shape index (κ3) is 6.25. The summed E-state index contributed by atoms with van der Waals surface area (Å²) in [6.07, 6.45) is 6.56. The normalized spacial score (nSPS) is 24.4. The number of hydrogen-bond acceptors (Lipinski definition) is 6. The van der Waals surface area contributed by atoms with Crippen molar-refractivity contribution in [1.82, 2.24) is 30.6 Å². The number of rotatable bonds is 6. The second-order valence-electron chi connectivity index (χ2n) is 16.7. The fourth-order valence-corrected chi connectivity index (χ4v) is 9.57. The predicted molar refractivity (Wildman–Crippen MR) is 200 cm³/mol. The van der Waals surface area contributed by atoms with Crippen molar-refractivity contribution < 1.29 is 17.6 Å². The summed E-state index contributed by atoms with van der Waals surface area (Å²) < 4.78 is 65.1. The molecule has 2 aromatic heterocycles. The summed E-state index contributed by atoms with van der Waals surface area (Å²) in [4.78, 5) is 19.8. The third-order valence-electron chi connectivity index (χ3n) is 12.5. The van der Waals surface area contributed by atoms with E-state index in [0.717, 1.165) is 63.3 Å². The summed E-state index contributed by atoms with van der Waals surface area (Å²) in [5, 5.41) is 6.87. The van der Waals surface area contributed by atoms with Crippen molar-refractivity contribution in [2.24, 2.45) is 11.3 Å². The van der Waals surface area contributed by atoms with Gasteiger partial charge in [0, 0.05) is 42.0 Å². The van der Waals surface area contributed by atoms with Gasteiger partial charge in [-0.05, 0) is 100 Å². The number of hydrogen-bond donors (Lipinski definition) is 4. The Kier molecular flexibility index (Phi) is 8.68. The highest BCUT2D eigenvalue weighted by atomic mass is 19.1. The summed E-state index contributed by atoms with van der Waals surface area (Å²) in [7, 11) is 0. The quantitative estimate of drug-likeness (QED) is 0.131. The third-order valence-corrected chi connectivity index (χ3v) is 12.5. The van der Waals surface area contributed by atoms with Gasteiger partial charge in [-0.1, -0.05) is 20.8 Å². The smallest absolute Gasteiger partial charge is 0.151 e. The van der Waals surface area contributed by atoms with E-state index >= 15 is 17.6 Å². The second kappa shape index (κ2) is 13.3. The van der Waals surface area contributed by atoms with E-state index in [9.17, 15) is 0 Å². The van der Waals surface area contributed by atoms with Crippen LogP contribution in [0.15, 0.2) is 36.4 Å². The second-order valence-corrected chi connectivity index (χ2v) is 16.7. The van der Waals surface area contributed by atoms with Gasteiger partial charge in [-0.15, -0.1) is 0 Å². The molecule has 4 aliphatic heterocycles. The minimum atomic E-state index is -0.671. The maximum absolute atomic E-state index is 16.3. The first-order chi connectivity index (χ1) is 25.5. The van der Waals surface area contributed by atoms with E-state index < -0.39 is 35.4 Å². The van der Waals surface area contributed by atoms with Crippen LogP contribution in [0.3, 0.4) is 0 Å². The molecule has 4 atom stereocenters. The fraction of sp³-hybridized carbons (Fsp3) is 0.512. The molecule has 4 saturated heterocycles. The Morgan fingerprint density at radius 3 is 1.55 bits per heavy atom. The van der Waals surface area contributed by atoms with Crippen molar-refractivity contribution in [3.8, 4) is 0 Å². The molecular formula is C41H48F4N8. The number of H-pyrrole nitrogens is 2. The van der Waals surface area contributed by atoms with Crippen LogP contribution in [0.1, 0.15) is 119 Å². The first-order valence-electron chi connectivity index (χ1n) is 19.4. The van der Waals surface area contributed by atoms with E-state index in [1.807, 2.05) is 4.90 Å². The van der Waals surface area contributed by atoms with Gasteiger partial charge in [-0.2, -0.15) is 0 Å². The Labute approximate surface area is 307 Å².